The molecule has 6 nitrogen and oxygen atoms in total. The molecule has 1 saturated heterocycles. The molecule has 1 aliphatic rings. The van der Waals surface area contributed by atoms with Gasteiger partial charge in [0.05, 0.1) is 25.9 Å². The molecule has 6 heteroatoms. The third-order valence-corrected chi connectivity index (χ3v) is 4.56. The lowest BCUT2D eigenvalue weighted by molar-refractivity contribution is -0.0313. The van der Waals surface area contributed by atoms with E-state index in [0.717, 1.165) is 36.9 Å². The summed E-state index contributed by atoms with van der Waals surface area (Å²) in [6, 6.07) is 9.97. The minimum Gasteiger partial charge on any atom is -0.388 e. The summed E-state index contributed by atoms with van der Waals surface area (Å²) >= 11 is 0. The summed E-state index contributed by atoms with van der Waals surface area (Å²) in [5.41, 5.74) is 0.951. The number of ether oxygens (including phenoxy) is 1. The number of aliphatic hydroxyl groups is 1. The van der Waals surface area contributed by atoms with Gasteiger partial charge in [-0.05, 0) is 18.9 Å². The minimum atomic E-state index is -0.480. The van der Waals surface area contributed by atoms with Crippen molar-refractivity contribution < 1.29 is 9.84 Å². The molecular formula is C17H24N4O2. The van der Waals surface area contributed by atoms with Crippen molar-refractivity contribution in [2.75, 3.05) is 19.8 Å². The highest BCUT2D eigenvalue weighted by molar-refractivity contribution is 5.17. The molecule has 0 radical (unpaired) electrons. The molecule has 2 heterocycles. The Labute approximate surface area is 136 Å². The zero-order valence-corrected chi connectivity index (χ0v) is 13.7. The van der Waals surface area contributed by atoms with Crippen LogP contribution in [0.5, 0.6) is 0 Å². The molecular weight excluding hydrogens is 292 g/mol. The van der Waals surface area contributed by atoms with Gasteiger partial charge in [0.15, 0.2) is 0 Å². The Morgan fingerprint density at radius 1 is 1.30 bits per heavy atom. The second-order valence-electron chi connectivity index (χ2n) is 6.08. The van der Waals surface area contributed by atoms with Gasteiger partial charge in [-0.25, -0.2) is 0 Å². The van der Waals surface area contributed by atoms with Crippen LogP contribution in [0.4, 0.5) is 0 Å². The van der Waals surface area contributed by atoms with E-state index >= 15 is 0 Å². The van der Waals surface area contributed by atoms with E-state index < -0.39 is 6.10 Å². The highest BCUT2D eigenvalue weighted by atomic mass is 16.5. The number of aromatic nitrogens is 3. The maximum absolute atomic E-state index is 10.5. The maximum Gasteiger partial charge on any atom is 0.146 e. The summed E-state index contributed by atoms with van der Waals surface area (Å²) in [5, 5.41) is 18.9. The summed E-state index contributed by atoms with van der Waals surface area (Å²) < 4.78 is 7.64. The molecule has 23 heavy (non-hydrogen) atoms. The van der Waals surface area contributed by atoms with E-state index in [1.54, 1.807) is 0 Å². The zero-order chi connectivity index (χ0) is 16.2. The molecule has 2 atom stereocenters. The largest absolute Gasteiger partial charge is 0.388 e. The summed E-state index contributed by atoms with van der Waals surface area (Å²) in [4.78, 5) is 2.33. The molecule has 124 valence electrons. The zero-order valence-electron chi connectivity index (χ0n) is 13.7. The number of benzene rings is 1. The van der Waals surface area contributed by atoms with Crippen molar-refractivity contribution in [1.29, 1.82) is 0 Å². The van der Waals surface area contributed by atoms with E-state index in [9.17, 15) is 5.11 Å². The van der Waals surface area contributed by atoms with Crippen LogP contribution in [0.15, 0.2) is 30.3 Å². The van der Waals surface area contributed by atoms with Crippen molar-refractivity contribution in [1.82, 2.24) is 19.7 Å². The first-order valence-corrected chi connectivity index (χ1v) is 8.05. The van der Waals surface area contributed by atoms with Crippen LogP contribution >= 0.6 is 0 Å². The molecule has 1 fully saturated rings. The molecule has 1 N–H and O–H groups in total. The standard InChI is InChI=1S/C17H24N4O2/c1-13-18-19-17(20(13)2)11-21-8-9-23-12-15(21)10-16(22)14-6-4-3-5-7-14/h3-7,15-16,22H,8-12H2,1-2H3. The molecule has 0 saturated carbocycles. The summed E-state index contributed by atoms with van der Waals surface area (Å²) in [7, 11) is 1.99. The third-order valence-electron chi connectivity index (χ3n) is 4.56. The smallest absolute Gasteiger partial charge is 0.146 e. The van der Waals surface area contributed by atoms with Crippen LogP contribution < -0.4 is 0 Å². The first kappa shape index (κ1) is 16.1. The molecule has 0 aliphatic carbocycles. The van der Waals surface area contributed by atoms with Crippen LogP contribution in [0.3, 0.4) is 0 Å². The van der Waals surface area contributed by atoms with E-state index in [1.165, 1.54) is 0 Å². The fourth-order valence-electron chi connectivity index (χ4n) is 2.95. The first-order chi connectivity index (χ1) is 11.1. The second kappa shape index (κ2) is 7.21. The Bertz CT molecular complexity index is 629. The Kier molecular flexibility index (Phi) is 5.05. The van der Waals surface area contributed by atoms with Crippen LogP contribution in [0, 0.1) is 6.92 Å². The Balaban J connectivity index is 1.68. The van der Waals surface area contributed by atoms with Gasteiger partial charge in [0.1, 0.15) is 11.6 Å². The molecule has 2 aromatic rings. The molecule has 0 bridgehead atoms. The van der Waals surface area contributed by atoms with Crippen LogP contribution in [-0.2, 0) is 18.3 Å². The Morgan fingerprint density at radius 2 is 2.09 bits per heavy atom. The fraction of sp³-hybridized carbons (Fsp3) is 0.529. The number of aliphatic hydroxyl groups excluding tert-OH is 1. The van der Waals surface area contributed by atoms with Crippen LogP contribution in [0.1, 0.15) is 29.7 Å². The van der Waals surface area contributed by atoms with Gasteiger partial charge < -0.3 is 14.4 Å². The highest BCUT2D eigenvalue weighted by Crippen LogP contribution is 2.23. The van der Waals surface area contributed by atoms with Gasteiger partial charge in [0.25, 0.3) is 0 Å². The minimum absolute atomic E-state index is 0.177. The summed E-state index contributed by atoms with van der Waals surface area (Å²) in [6.45, 7) is 4.88. The summed E-state index contributed by atoms with van der Waals surface area (Å²) in [5.74, 6) is 1.86. The Hall–Kier alpha value is -1.76. The van der Waals surface area contributed by atoms with Crippen molar-refractivity contribution in [3.05, 3.63) is 47.5 Å². The highest BCUT2D eigenvalue weighted by Gasteiger charge is 2.27. The van der Waals surface area contributed by atoms with Gasteiger partial charge in [0, 0.05) is 19.6 Å². The maximum atomic E-state index is 10.5. The van der Waals surface area contributed by atoms with Crippen molar-refractivity contribution in [2.45, 2.75) is 32.0 Å². The SMILES string of the molecule is Cc1nnc(CN2CCOCC2CC(O)c2ccccc2)n1C. The van der Waals surface area contributed by atoms with E-state index in [0.29, 0.717) is 13.0 Å². The van der Waals surface area contributed by atoms with E-state index in [2.05, 4.69) is 15.1 Å². The lowest BCUT2D eigenvalue weighted by Crippen LogP contribution is -2.46. The van der Waals surface area contributed by atoms with Crippen molar-refractivity contribution in [3.8, 4) is 0 Å². The molecule has 2 unspecified atom stereocenters. The van der Waals surface area contributed by atoms with Crippen LogP contribution in [0.2, 0.25) is 0 Å². The molecule has 0 amide bonds. The number of nitrogens with zero attached hydrogens (tertiary/aromatic N) is 4. The quantitative estimate of drug-likeness (QED) is 0.904. The summed E-state index contributed by atoms with van der Waals surface area (Å²) in [6.07, 6.45) is 0.174. The van der Waals surface area contributed by atoms with E-state index in [4.69, 9.17) is 4.74 Å². The number of hydrogen-bond donors (Lipinski definition) is 1. The Morgan fingerprint density at radius 3 is 2.78 bits per heavy atom. The monoisotopic (exact) mass is 316 g/mol. The van der Waals surface area contributed by atoms with Gasteiger partial charge in [-0.3, -0.25) is 4.90 Å². The van der Waals surface area contributed by atoms with Gasteiger partial charge in [-0.15, -0.1) is 10.2 Å². The molecule has 1 aromatic heterocycles. The fourth-order valence-corrected chi connectivity index (χ4v) is 2.95. The van der Waals surface area contributed by atoms with Gasteiger partial charge >= 0.3 is 0 Å². The lowest BCUT2D eigenvalue weighted by atomic mass is 10.0. The molecule has 0 spiro atoms. The topological polar surface area (TPSA) is 63.4 Å². The first-order valence-electron chi connectivity index (χ1n) is 8.05. The second-order valence-corrected chi connectivity index (χ2v) is 6.08. The van der Waals surface area contributed by atoms with E-state index in [-0.39, 0.29) is 6.04 Å². The predicted molar refractivity (Wildman–Crippen MR) is 86.8 cm³/mol. The van der Waals surface area contributed by atoms with Crippen LogP contribution in [-0.4, -0.2) is 50.6 Å². The number of rotatable bonds is 5. The van der Waals surface area contributed by atoms with E-state index in [1.807, 2.05) is 48.9 Å². The van der Waals surface area contributed by atoms with Gasteiger partial charge in [-0.2, -0.15) is 0 Å². The average molecular weight is 316 g/mol. The van der Waals surface area contributed by atoms with Crippen molar-refractivity contribution in [2.24, 2.45) is 7.05 Å². The number of aryl methyl sites for hydroxylation is 1. The lowest BCUT2D eigenvalue weighted by Gasteiger charge is -2.36. The number of hydrogen-bond acceptors (Lipinski definition) is 5. The normalized spacial score (nSPS) is 20.6. The predicted octanol–water partition coefficient (Wildman–Crippen LogP) is 1.45. The van der Waals surface area contributed by atoms with Gasteiger partial charge in [-0.1, -0.05) is 30.3 Å². The molecule has 1 aliphatic heterocycles. The van der Waals surface area contributed by atoms with Crippen molar-refractivity contribution >= 4 is 0 Å². The average Bonchev–Trinajstić information content (AvgIpc) is 2.89. The van der Waals surface area contributed by atoms with Gasteiger partial charge in [0.2, 0.25) is 0 Å². The van der Waals surface area contributed by atoms with Crippen LogP contribution in [0.25, 0.3) is 0 Å². The molecule has 3 rings (SSSR count). The number of morpholine rings is 1. The molecule has 1 aromatic carbocycles. The third kappa shape index (κ3) is 3.77. The van der Waals surface area contributed by atoms with Crippen molar-refractivity contribution in [3.63, 3.8) is 0 Å².